The highest BCUT2D eigenvalue weighted by molar-refractivity contribution is 7.89. The number of benzene rings is 1. The Hall–Kier alpha value is -0.620. The molecule has 0 unspecified atom stereocenters. The van der Waals surface area contributed by atoms with Crippen LogP contribution >= 0.6 is 11.6 Å². The summed E-state index contributed by atoms with van der Waals surface area (Å²) < 4.78 is 26.1. The summed E-state index contributed by atoms with van der Waals surface area (Å²) in [4.78, 5) is -0.00517. The van der Waals surface area contributed by atoms with Crippen molar-refractivity contribution in [1.82, 2.24) is 4.72 Å². The molecule has 0 saturated carbocycles. The monoisotopic (exact) mass is 263 g/mol. The molecule has 0 amide bonds. The van der Waals surface area contributed by atoms with Crippen LogP contribution in [0.4, 0.5) is 0 Å². The van der Waals surface area contributed by atoms with Crippen molar-refractivity contribution in [3.05, 3.63) is 28.8 Å². The Morgan fingerprint density at radius 2 is 2.06 bits per heavy atom. The van der Waals surface area contributed by atoms with E-state index < -0.39 is 10.0 Å². The lowest BCUT2D eigenvalue weighted by atomic mass is 10.2. The molecule has 16 heavy (non-hydrogen) atoms. The largest absolute Gasteiger partial charge is 0.392 e. The van der Waals surface area contributed by atoms with Crippen molar-refractivity contribution in [1.29, 1.82) is 0 Å². The van der Waals surface area contributed by atoms with Gasteiger partial charge in [-0.3, -0.25) is 0 Å². The highest BCUT2D eigenvalue weighted by atomic mass is 35.5. The van der Waals surface area contributed by atoms with Gasteiger partial charge in [-0.05, 0) is 31.5 Å². The Bertz CT molecular complexity index is 471. The van der Waals surface area contributed by atoms with E-state index in [9.17, 15) is 8.42 Å². The number of rotatable bonds is 4. The minimum absolute atomic E-state index is 0.00517. The van der Waals surface area contributed by atoms with Crippen molar-refractivity contribution in [2.24, 2.45) is 0 Å². The molecule has 0 bridgehead atoms. The number of sulfonamides is 1. The van der Waals surface area contributed by atoms with Crippen LogP contribution in [0.3, 0.4) is 0 Å². The maximum atomic E-state index is 11.9. The Kier molecular flexibility index (Phi) is 4.32. The smallest absolute Gasteiger partial charge is 0.242 e. The standard InChI is InChI=1S/C10H14ClNO3S/c1-7(2)12-16(14,15)10-5-8(6-13)3-4-9(10)11/h3-5,7,12-13H,6H2,1-2H3. The molecule has 1 rings (SSSR count). The van der Waals surface area contributed by atoms with E-state index >= 15 is 0 Å². The Morgan fingerprint density at radius 1 is 1.44 bits per heavy atom. The minimum Gasteiger partial charge on any atom is -0.392 e. The first-order valence-corrected chi connectivity index (χ1v) is 6.64. The van der Waals surface area contributed by atoms with Crippen molar-refractivity contribution in [3.8, 4) is 0 Å². The molecule has 1 aromatic rings. The van der Waals surface area contributed by atoms with Crippen molar-refractivity contribution in [3.63, 3.8) is 0 Å². The van der Waals surface area contributed by atoms with Gasteiger partial charge in [-0.1, -0.05) is 17.7 Å². The molecule has 0 saturated heterocycles. The van der Waals surface area contributed by atoms with E-state index in [1.54, 1.807) is 19.9 Å². The molecule has 0 aliphatic rings. The molecule has 0 spiro atoms. The van der Waals surface area contributed by atoms with Crippen molar-refractivity contribution >= 4 is 21.6 Å². The zero-order chi connectivity index (χ0) is 12.3. The van der Waals surface area contributed by atoms with Gasteiger partial charge < -0.3 is 5.11 Å². The number of halogens is 1. The second-order valence-corrected chi connectivity index (χ2v) is 5.79. The number of aliphatic hydroxyl groups is 1. The van der Waals surface area contributed by atoms with Gasteiger partial charge >= 0.3 is 0 Å². The fraction of sp³-hybridized carbons (Fsp3) is 0.400. The van der Waals surface area contributed by atoms with Crippen molar-refractivity contribution in [2.75, 3.05) is 0 Å². The van der Waals surface area contributed by atoms with E-state index in [0.29, 0.717) is 5.56 Å². The summed E-state index contributed by atoms with van der Waals surface area (Å²) in [5, 5.41) is 9.09. The molecule has 0 aliphatic carbocycles. The van der Waals surface area contributed by atoms with Crippen LogP contribution in [0.25, 0.3) is 0 Å². The molecule has 0 aliphatic heterocycles. The number of aliphatic hydroxyl groups excluding tert-OH is 1. The zero-order valence-electron chi connectivity index (χ0n) is 9.07. The first-order valence-electron chi connectivity index (χ1n) is 4.78. The summed E-state index contributed by atoms with van der Waals surface area (Å²) in [6.45, 7) is 3.23. The fourth-order valence-electron chi connectivity index (χ4n) is 1.23. The molecule has 1 aromatic carbocycles. The van der Waals surface area contributed by atoms with Crippen LogP contribution in [0.1, 0.15) is 19.4 Å². The molecular weight excluding hydrogens is 250 g/mol. The van der Waals surface area contributed by atoms with Gasteiger partial charge in [-0.2, -0.15) is 0 Å². The predicted molar refractivity (Wildman–Crippen MR) is 62.8 cm³/mol. The van der Waals surface area contributed by atoms with E-state index in [4.69, 9.17) is 16.7 Å². The molecule has 0 heterocycles. The maximum Gasteiger partial charge on any atom is 0.242 e. The quantitative estimate of drug-likeness (QED) is 0.866. The van der Waals surface area contributed by atoms with Gasteiger partial charge in [0.15, 0.2) is 0 Å². The van der Waals surface area contributed by atoms with Crippen LogP contribution in [0.2, 0.25) is 5.02 Å². The second kappa shape index (κ2) is 5.14. The van der Waals surface area contributed by atoms with Crippen molar-refractivity contribution < 1.29 is 13.5 Å². The molecule has 4 nitrogen and oxygen atoms in total. The SMILES string of the molecule is CC(C)NS(=O)(=O)c1cc(CO)ccc1Cl. The topological polar surface area (TPSA) is 66.4 Å². The lowest BCUT2D eigenvalue weighted by Crippen LogP contribution is -2.30. The van der Waals surface area contributed by atoms with Crippen LogP contribution in [0, 0.1) is 0 Å². The number of hydrogen-bond acceptors (Lipinski definition) is 3. The third-order valence-electron chi connectivity index (χ3n) is 1.86. The first-order chi connectivity index (χ1) is 7.36. The number of nitrogens with one attached hydrogen (secondary N) is 1. The molecule has 2 N–H and O–H groups in total. The van der Waals surface area contributed by atoms with E-state index in [-0.39, 0.29) is 22.6 Å². The summed E-state index contributed by atoms with van der Waals surface area (Å²) in [6, 6.07) is 4.20. The van der Waals surface area contributed by atoms with Gasteiger partial charge in [-0.25, -0.2) is 13.1 Å². The van der Waals surface area contributed by atoms with Crippen molar-refractivity contribution in [2.45, 2.75) is 31.4 Å². The summed E-state index contributed by atoms with van der Waals surface area (Å²) >= 11 is 5.82. The Balaban J connectivity index is 3.21. The van der Waals surface area contributed by atoms with Crippen LogP contribution < -0.4 is 4.72 Å². The van der Waals surface area contributed by atoms with Gasteiger partial charge in [-0.15, -0.1) is 0 Å². The van der Waals surface area contributed by atoms with E-state index in [1.165, 1.54) is 12.1 Å². The average Bonchev–Trinajstić information content (AvgIpc) is 2.16. The molecular formula is C10H14ClNO3S. The molecule has 90 valence electrons. The molecule has 0 radical (unpaired) electrons. The van der Waals surface area contributed by atoms with E-state index in [2.05, 4.69) is 4.72 Å². The Morgan fingerprint density at radius 3 is 2.56 bits per heavy atom. The average molecular weight is 264 g/mol. The summed E-state index contributed by atoms with van der Waals surface area (Å²) in [5.41, 5.74) is 0.508. The first kappa shape index (κ1) is 13.4. The van der Waals surface area contributed by atoms with E-state index in [0.717, 1.165) is 0 Å². The third-order valence-corrected chi connectivity index (χ3v) is 4.00. The lowest BCUT2D eigenvalue weighted by molar-refractivity contribution is 0.281. The molecule has 0 aromatic heterocycles. The van der Waals surface area contributed by atoms with E-state index in [1.807, 2.05) is 0 Å². The molecule has 6 heteroatoms. The normalized spacial score (nSPS) is 12.1. The molecule has 0 atom stereocenters. The predicted octanol–water partition coefficient (Wildman–Crippen LogP) is 1.52. The summed E-state index contributed by atoms with van der Waals surface area (Å²) in [6.07, 6.45) is 0. The summed E-state index contributed by atoms with van der Waals surface area (Å²) in [5.74, 6) is 0. The fourth-order valence-corrected chi connectivity index (χ4v) is 3.03. The van der Waals surface area contributed by atoms with Gasteiger partial charge in [0.25, 0.3) is 0 Å². The summed E-state index contributed by atoms with van der Waals surface area (Å²) in [7, 11) is -3.62. The van der Waals surface area contributed by atoms with Gasteiger partial charge in [0, 0.05) is 6.04 Å². The zero-order valence-corrected chi connectivity index (χ0v) is 10.6. The van der Waals surface area contributed by atoms with Gasteiger partial charge in [0.1, 0.15) is 4.90 Å². The highest BCUT2D eigenvalue weighted by Gasteiger charge is 2.19. The van der Waals surface area contributed by atoms with Crippen LogP contribution in [-0.4, -0.2) is 19.6 Å². The van der Waals surface area contributed by atoms with Crippen LogP contribution in [0.5, 0.6) is 0 Å². The van der Waals surface area contributed by atoms with Crippen LogP contribution in [0.15, 0.2) is 23.1 Å². The number of hydrogen-bond donors (Lipinski definition) is 2. The highest BCUT2D eigenvalue weighted by Crippen LogP contribution is 2.22. The Labute approximate surface area is 100 Å². The van der Waals surface area contributed by atoms with Gasteiger partial charge in [0.05, 0.1) is 11.6 Å². The lowest BCUT2D eigenvalue weighted by Gasteiger charge is -2.11. The van der Waals surface area contributed by atoms with Crippen LogP contribution in [-0.2, 0) is 16.6 Å². The minimum atomic E-state index is -3.62. The maximum absolute atomic E-state index is 11.9. The second-order valence-electron chi connectivity index (χ2n) is 3.70. The molecule has 0 fully saturated rings. The third kappa shape index (κ3) is 3.18. The van der Waals surface area contributed by atoms with Gasteiger partial charge in [0.2, 0.25) is 10.0 Å².